The molecular formula is C25H34N2O4S. The molecule has 0 aliphatic carbocycles. The van der Waals surface area contributed by atoms with E-state index in [0.29, 0.717) is 18.8 Å². The molecule has 1 aliphatic rings. The van der Waals surface area contributed by atoms with Gasteiger partial charge in [0, 0.05) is 19.1 Å². The number of ether oxygens (including phenoxy) is 1. The third kappa shape index (κ3) is 5.33. The lowest BCUT2D eigenvalue weighted by atomic mass is 9.97. The standard InChI is InChI=1S/C25H34N2O4S/c1-17-14-19(3)22(15-18(17)2)20(4)26-32(29,30)21-10-11-24(31-5)23(16-21)25(28)27-12-8-6-7-9-13-27/h10-11,14-16,20,26H,6-9,12-13H2,1-5H3. The topological polar surface area (TPSA) is 75.7 Å². The van der Waals surface area contributed by atoms with Crippen molar-refractivity contribution in [3.63, 3.8) is 0 Å². The third-order valence-corrected chi connectivity index (χ3v) is 7.82. The van der Waals surface area contributed by atoms with Crippen molar-refractivity contribution in [3.05, 3.63) is 58.1 Å². The van der Waals surface area contributed by atoms with Gasteiger partial charge in [-0.25, -0.2) is 13.1 Å². The van der Waals surface area contributed by atoms with Crippen LogP contribution in [0.5, 0.6) is 5.75 Å². The number of benzene rings is 2. The van der Waals surface area contributed by atoms with Gasteiger partial charge in [0.25, 0.3) is 5.91 Å². The Labute approximate surface area is 192 Å². The van der Waals surface area contributed by atoms with Crippen LogP contribution >= 0.6 is 0 Å². The fourth-order valence-electron chi connectivity index (χ4n) is 4.28. The van der Waals surface area contributed by atoms with Gasteiger partial charge in [-0.3, -0.25) is 4.79 Å². The van der Waals surface area contributed by atoms with Gasteiger partial charge in [0.1, 0.15) is 5.75 Å². The second kappa shape index (κ2) is 10.0. The summed E-state index contributed by atoms with van der Waals surface area (Å²) in [6.45, 7) is 9.24. The Balaban J connectivity index is 1.90. The minimum atomic E-state index is -3.84. The summed E-state index contributed by atoms with van der Waals surface area (Å²) in [5, 5.41) is 0. The van der Waals surface area contributed by atoms with Crippen LogP contribution in [-0.4, -0.2) is 39.4 Å². The Morgan fingerprint density at radius 3 is 2.22 bits per heavy atom. The maximum atomic E-state index is 13.2. The van der Waals surface area contributed by atoms with E-state index in [1.54, 1.807) is 11.0 Å². The lowest BCUT2D eigenvalue weighted by Crippen LogP contribution is -2.32. The van der Waals surface area contributed by atoms with Gasteiger partial charge in [-0.05, 0) is 81.0 Å². The predicted molar refractivity (Wildman–Crippen MR) is 127 cm³/mol. The summed E-state index contributed by atoms with van der Waals surface area (Å²) in [6, 6.07) is 8.17. The normalized spacial score (nSPS) is 15.8. The van der Waals surface area contributed by atoms with Crippen LogP contribution in [-0.2, 0) is 10.0 Å². The lowest BCUT2D eigenvalue weighted by molar-refractivity contribution is 0.0758. The molecular weight excluding hydrogens is 424 g/mol. The summed E-state index contributed by atoms with van der Waals surface area (Å²) in [5.74, 6) is 0.204. The third-order valence-electron chi connectivity index (χ3n) is 6.29. The Kier molecular flexibility index (Phi) is 7.62. The monoisotopic (exact) mass is 458 g/mol. The molecule has 2 aromatic rings. The van der Waals surface area contributed by atoms with Crippen LogP contribution in [0, 0.1) is 20.8 Å². The Bertz CT molecular complexity index is 1090. The van der Waals surface area contributed by atoms with Crippen LogP contribution in [0.1, 0.15) is 71.3 Å². The second-order valence-electron chi connectivity index (χ2n) is 8.70. The van der Waals surface area contributed by atoms with Gasteiger partial charge in [0.15, 0.2) is 0 Å². The van der Waals surface area contributed by atoms with Crippen LogP contribution in [0.15, 0.2) is 35.2 Å². The molecule has 0 radical (unpaired) electrons. The molecule has 1 fully saturated rings. The van der Waals surface area contributed by atoms with Crippen molar-refractivity contribution >= 4 is 15.9 Å². The number of rotatable bonds is 6. The van der Waals surface area contributed by atoms with E-state index in [1.807, 2.05) is 33.8 Å². The summed E-state index contributed by atoms with van der Waals surface area (Å²) >= 11 is 0. The van der Waals surface area contributed by atoms with E-state index in [4.69, 9.17) is 4.74 Å². The number of aryl methyl sites for hydroxylation is 3. The molecule has 3 rings (SSSR count). The first kappa shape index (κ1) is 24.3. The number of nitrogens with zero attached hydrogens (tertiary/aromatic N) is 1. The number of likely N-dealkylation sites (tertiary alicyclic amines) is 1. The fourth-order valence-corrected chi connectivity index (χ4v) is 5.53. The molecule has 6 nitrogen and oxygen atoms in total. The molecule has 1 heterocycles. The number of nitrogens with one attached hydrogen (secondary N) is 1. The highest BCUT2D eigenvalue weighted by Crippen LogP contribution is 2.27. The molecule has 0 spiro atoms. The van der Waals surface area contributed by atoms with Crippen molar-refractivity contribution in [1.82, 2.24) is 9.62 Å². The first-order valence-corrected chi connectivity index (χ1v) is 12.7. The van der Waals surface area contributed by atoms with Gasteiger partial charge in [-0.2, -0.15) is 0 Å². The summed E-state index contributed by atoms with van der Waals surface area (Å²) < 4.78 is 34.6. The Hall–Kier alpha value is -2.38. The van der Waals surface area contributed by atoms with Crippen LogP contribution < -0.4 is 9.46 Å². The van der Waals surface area contributed by atoms with Gasteiger partial charge in [0.05, 0.1) is 17.6 Å². The lowest BCUT2D eigenvalue weighted by Gasteiger charge is -2.22. The Morgan fingerprint density at radius 2 is 1.59 bits per heavy atom. The molecule has 7 heteroatoms. The second-order valence-corrected chi connectivity index (χ2v) is 10.4. The number of sulfonamides is 1. The van der Waals surface area contributed by atoms with E-state index in [0.717, 1.165) is 42.4 Å². The summed E-state index contributed by atoms with van der Waals surface area (Å²) in [6.07, 6.45) is 4.13. The number of hydrogen-bond donors (Lipinski definition) is 1. The molecule has 2 aromatic carbocycles. The van der Waals surface area contributed by atoms with Gasteiger partial charge >= 0.3 is 0 Å². The smallest absolute Gasteiger partial charge is 0.257 e. The van der Waals surface area contributed by atoms with Crippen LogP contribution in [0.4, 0.5) is 0 Å². The van der Waals surface area contributed by atoms with Gasteiger partial charge in [-0.15, -0.1) is 0 Å². The van der Waals surface area contributed by atoms with Crippen LogP contribution in [0.25, 0.3) is 0 Å². The maximum Gasteiger partial charge on any atom is 0.257 e. The molecule has 1 N–H and O–H groups in total. The van der Waals surface area contributed by atoms with Crippen molar-refractivity contribution < 1.29 is 17.9 Å². The van der Waals surface area contributed by atoms with Crippen molar-refractivity contribution in [1.29, 1.82) is 0 Å². The van der Waals surface area contributed by atoms with E-state index in [1.165, 1.54) is 24.8 Å². The van der Waals surface area contributed by atoms with Gasteiger partial charge in [-0.1, -0.05) is 25.0 Å². The molecule has 0 bridgehead atoms. The molecule has 1 aliphatic heterocycles. The first-order valence-electron chi connectivity index (χ1n) is 11.2. The van der Waals surface area contributed by atoms with E-state index in [-0.39, 0.29) is 16.4 Å². The minimum absolute atomic E-state index is 0.0600. The van der Waals surface area contributed by atoms with E-state index >= 15 is 0 Å². The van der Waals surface area contributed by atoms with E-state index in [9.17, 15) is 13.2 Å². The highest BCUT2D eigenvalue weighted by molar-refractivity contribution is 7.89. The quantitative estimate of drug-likeness (QED) is 0.682. The number of carbonyl (C=O) groups is 1. The highest BCUT2D eigenvalue weighted by atomic mass is 32.2. The molecule has 174 valence electrons. The zero-order valence-electron chi connectivity index (χ0n) is 19.7. The average Bonchev–Trinajstić information content (AvgIpc) is 3.04. The van der Waals surface area contributed by atoms with Crippen LogP contribution in [0.2, 0.25) is 0 Å². The number of hydrogen-bond acceptors (Lipinski definition) is 4. The number of methoxy groups -OCH3 is 1. The predicted octanol–water partition coefficient (Wildman–Crippen LogP) is 4.68. The average molecular weight is 459 g/mol. The van der Waals surface area contributed by atoms with Gasteiger partial charge in [0.2, 0.25) is 10.0 Å². The van der Waals surface area contributed by atoms with E-state index < -0.39 is 16.1 Å². The van der Waals surface area contributed by atoms with Gasteiger partial charge < -0.3 is 9.64 Å². The van der Waals surface area contributed by atoms with Crippen LogP contribution in [0.3, 0.4) is 0 Å². The minimum Gasteiger partial charge on any atom is -0.496 e. The first-order chi connectivity index (χ1) is 15.1. The summed E-state index contributed by atoms with van der Waals surface area (Å²) in [7, 11) is -2.35. The molecule has 0 aromatic heterocycles. The zero-order chi connectivity index (χ0) is 23.5. The molecule has 32 heavy (non-hydrogen) atoms. The molecule has 1 atom stereocenters. The SMILES string of the molecule is COc1ccc(S(=O)(=O)NC(C)c2cc(C)c(C)cc2C)cc1C(=O)N1CCCCCC1. The number of carbonyl (C=O) groups excluding carboxylic acids is 1. The molecule has 1 saturated heterocycles. The molecule has 1 unspecified atom stereocenters. The summed E-state index contributed by atoms with van der Waals surface area (Å²) in [4.78, 5) is 15.1. The van der Waals surface area contributed by atoms with Crippen molar-refractivity contribution in [3.8, 4) is 5.75 Å². The molecule has 1 amide bonds. The Morgan fingerprint density at radius 1 is 0.969 bits per heavy atom. The zero-order valence-corrected chi connectivity index (χ0v) is 20.5. The van der Waals surface area contributed by atoms with Crippen molar-refractivity contribution in [2.75, 3.05) is 20.2 Å². The molecule has 0 saturated carbocycles. The fraction of sp³-hybridized carbons (Fsp3) is 0.480. The highest BCUT2D eigenvalue weighted by Gasteiger charge is 2.25. The summed E-state index contributed by atoms with van der Waals surface area (Å²) in [5.41, 5.74) is 4.55. The maximum absolute atomic E-state index is 13.2. The number of amides is 1. The van der Waals surface area contributed by atoms with Crippen molar-refractivity contribution in [2.45, 2.75) is 64.3 Å². The van der Waals surface area contributed by atoms with E-state index in [2.05, 4.69) is 10.8 Å². The largest absolute Gasteiger partial charge is 0.496 e. The van der Waals surface area contributed by atoms with Crippen molar-refractivity contribution in [2.24, 2.45) is 0 Å².